The molecule has 0 saturated carbocycles. The van der Waals surface area contributed by atoms with Crippen LogP contribution in [0.2, 0.25) is 0 Å². The van der Waals surface area contributed by atoms with Crippen LogP contribution in [0.5, 0.6) is 0 Å². The molecule has 0 aliphatic heterocycles. The number of carboxylic acids is 1. The maximum absolute atomic E-state index is 9.87. The number of unbranched alkanes of at least 4 members (excludes halogenated alkanes) is 2. The summed E-state index contributed by atoms with van der Waals surface area (Å²) in [6.07, 6.45) is 3.28. The number of hydrogen-bond acceptors (Lipinski definition) is 3. The first-order chi connectivity index (χ1) is 5.77. The van der Waals surface area contributed by atoms with E-state index in [1.165, 1.54) is 0 Å². The molecular formula is C6H14O5S2. The topological polar surface area (TPSA) is 94.8 Å². The van der Waals surface area contributed by atoms with E-state index in [1.54, 1.807) is 0 Å². The van der Waals surface area contributed by atoms with Crippen LogP contribution < -0.4 is 0 Å². The molecule has 0 bridgehead atoms. The van der Waals surface area contributed by atoms with Gasteiger partial charge in [-0.2, -0.15) is 4.21 Å². The molecule has 5 nitrogen and oxygen atoms in total. The normalized spacial score (nSPS) is 10.1. The summed E-state index contributed by atoms with van der Waals surface area (Å²) in [6, 6.07) is 0. The Kier molecular flexibility index (Phi) is 9.80. The number of hydrogen-bond donors (Lipinski definition) is 3. The Labute approximate surface area is 82.5 Å². The minimum Gasteiger partial charge on any atom is -0.481 e. The molecule has 0 aromatic carbocycles. The molecule has 0 spiro atoms. The Hall–Kier alpha value is -0.240. The highest BCUT2D eigenvalue weighted by atomic mass is 32.9. The van der Waals surface area contributed by atoms with E-state index in [9.17, 15) is 4.79 Å². The molecule has 0 unspecified atom stereocenters. The first kappa shape index (κ1) is 15.2. The molecule has 0 amide bonds. The van der Waals surface area contributed by atoms with Gasteiger partial charge in [0.25, 0.3) is 9.05 Å². The van der Waals surface area contributed by atoms with Crippen molar-refractivity contribution in [2.24, 2.45) is 0 Å². The summed E-state index contributed by atoms with van der Waals surface area (Å²) in [5.41, 5.74) is 0. The summed E-state index contributed by atoms with van der Waals surface area (Å²) in [5.74, 6) is -0.682. The summed E-state index contributed by atoms with van der Waals surface area (Å²) >= 11 is 3.47. The Morgan fingerprint density at radius 1 is 1.38 bits per heavy atom. The molecule has 0 fully saturated rings. The van der Waals surface area contributed by atoms with Crippen LogP contribution >= 0.6 is 0 Å². The fraction of sp³-hybridized carbons (Fsp3) is 0.833. The Morgan fingerprint density at radius 2 is 1.77 bits per heavy atom. The lowest BCUT2D eigenvalue weighted by Crippen LogP contribution is -1.92. The van der Waals surface area contributed by atoms with Gasteiger partial charge in [0, 0.05) is 17.6 Å². The van der Waals surface area contributed by atoms with Gasteiger partial charge in [-0.05, 0) is 6.42 Å². The lowest BCUT2D eigenvalue weighted by molar-refractivity contribution is -0.137. The van der Waals surface area contributed by atoms with Gasteiger partial charge in [0.05, 0.1) is 0 Å². The largest absolute Gasteiger partial charge is 0.481 e. The van der Waals surface area contributed by atoms with E-state index in [2.05, 4.69) is 18.1 Å². The average Bonchev–Trinajstić information content (AvgIpc) is 1.83. The van der Waals surface area contributed by atoms with Crippen LogP contribution in [0.3, 0.4) is 0 Å². The maximum Gasteiger partial charge on any atom is 0.303 e. The molecule has 0 heterocycles. The first-order valence-electron chi connectivity index (χ1n) is 3.69. The molecule has 7 heteroatoms. The molecular weight excluding hydrogens is 216 g/mol. The zero-order chi connectivity index (χ0) is 10.9. The van der Waals surface area contributed by atoms with Crippen LogP contribution in [0.15, 0.2) is 0 Å². The van der Waals surface area contributed by atoms with Crippen LogP contribution in [0.1, 0.15) is 32.6 Å². The predicted octanol–water partition coefficient (Wildman–Crippen LogP) is 1.33. The number of carboxylic acid groups (broad SMARTS) is 1. The maximum atomic E-state index is 9.87. The van der Waals surface area contributed by atoms with Crippen LogP contribution in [-0.2, 0) is 25.0 Å². The zero-order valence-electron chi connectivity index (χ0n) is 7.30. The molecule has 0 aromatic rings. The number of aliphatic carboxylic acids is 1. The van der Waals surface area contributed by atoms with Crippen molar-refractivity contribution < 1.29 is 23.2 Å². The van der Waals surface area contributed by atoms with Crippen LogP contribution in [0.4, 0.5) is 0 Å². The van der Waals surface area contributed by atoms with Crippen molar-refractivity contribution in [1.82, 2.24) is 0 Å². The molecule has 0 aliphatic rings. The quantitative estimate of drug-likeness (QED) is 0.631. The summed E-state index contributed by atoms with van der Waals surface area (Å²) in [4.78, 5) is 9.87. The van der Waals surface area contributed by atoms with E-state index < -0.39 is 15.0 Å². The van der Waals surface area contributed by atoms with Gasteiger partial charge < -0.3 is 5.11 Å². The molecule has 3 N–H and O–H groups in total. The third-order valence-electron chi connectivity index (χ3n) is 0.994. The van der Waals surface area contributed by atoms with Crippen molar-refractivity contribution in [3.05, 3.63) is 0 Å². The fourth-order valence-corrected chi connectivity index (χ4v) is 0.526. The molecule has 0 aromatic heterocycles. The molecule has 13 heavy (non-hydrogen) atoms. The second-order valence-electron chi connectivity index (χ2n) is 2.30. The van der Waals surface area contributed by atoms with Crippen LogP contribution in [0, 0.1) is 0 Å². The summed E-state index contributed by atoms with van der Waals surface area (Å²) in [5, 5.41) is 8.14. The number of carbonyl (C=O) groups is 1. The smallest absolute Gasteiger partial charge is 0.303 e. The Balaban J connectivity index is 0. The SMILES string of the molecule is CCCCCC(=O)O.O=S(O)(O)=S. The number of rotatable bonds is 4. The second-order valence-corrected chi connectivity index (χ2v) is 4.50. The summed E-state index contributed by atoms with van der Waals surface area (Å²) < 4.78 is 24.0. The molecule has 0 saturated heterocycles. The van der Waals surface area contributed by atoms with Crippen molar-refractivity contribution in [2.45, 2.75) is 32.6 Å². The Bertz CT molecular complexity index is 213. The molecule has 0 atom stereocenters. The van der Waals surface area contributed by atoms with E-state index in [4.69, 9.17) is 18.4 Å². The van der Waals surface area contributed by atoms with Gasteiger partial charge in [-0.1, -0.05) is 19.8 Å². The molecule has 0 aliphatic carbocycles. The molecule has 80 valence electrons. The monoisotopic (exact) mass is 230 g/mol. The molecule has 0 radical (unpaired) electrons. The standard InChI is InChI=1S/C6H12O2.H2O3S2/c1-2-3-4-5-6(7)8;1-5(2,3)4/h2-5H2,1H3,(H,7,8);(H2,1,2,3,4). The van der Waals surface area contributed by atoms with Gasteiger partial charge in [-0.15, -0.1) is 0 Å². The van der Waals surface area contributed by atoms with E-state index >= 15 is 0 Å². The van der Waals surface area contributed by atoms with Gasteiger partial charge >= 0.3 is 5.97 Å². The van der Waals surface area contributed by atoms with Gasteiger partial charge in [-0.3, -0.25) is 13.9 Å². The third kappa shape index (κ3) is 49.4. The Morgan fingerprint density at radius 3 is 2.00 bits per heavy atom. The van der Waals surface area contributed by atoms with E-state index in [-0.39, 0.29) is 0 Å². The summed E-state index contributed by atoms with van der Waals surface area (Å²) in [7, 11) is -3.83. The summed E-state index contributed by atoms with van der Waals surface area (Å²) in [6.45, 7) is 2.06. The predicted molar refractivity (Wildman–Crippen MR) is 52.5 cm³/mol. The highest BCUT2D eigenvalue weighted by molar-refractivity contribution is 8.26. The lowest BCUT2D eigenvalue weighted by atomic mass is 10.2. The lowest BCUT2D eigenvalue weighted by Gasteiger charge is -1.89. The van der Waals surface area contributed by atoms with Crippen molar-refractivity contribution in [3.63, 3.8) is 0 Å². The highest BCUT2D eigenvalue weighted by Gasteiger charge is 1.92. The zero-order valence-corrected chi connectivity index (χ0v) is 8.94. The van der Waals surface area contributed by atoms with E-state index in [0.29, 0.717) is 6.42 Å². The van der Waals surface area contributed by atoms with Crippen LogP contribution in [0.25, 0.3) is 0 Å². The minimum atomic E-state index is -3.83. The van der Waals surface area contributed by atoms with Gasteiger partial charge in [0.2, 0.25) is 0 Å². The van der Waals surface area contributed by atoms with E-state index in [1.807, 2.05) is 0 Å². The van der Waals surface area contributed by atoms with Gasteiger partial charge in [-0.25, -0.2) is 0 Å². The first-order valence-corrected chi connectivity index (χ1v) is 6.08. The van der Waals surface area contributed by atoms with Gasteiger partial charge in [0.15, 0.2) is 0 Å². The highest BCUT2D eigenvalue weighted by Crippen LogP contribution is 1.97. The van der Waals surface area contributed by atoms with Crippen LogP contribution in [-0.4, -0.2) is 24.4 Å². The van der Waals surface area contributed by atoms with Crippen molar-refractivity contribution >= 4 is 26.2 Å². The van der Waals surface area contributed by atoms with Crippen molar-refractivity contribution in [3.8, 4) is 0 Å². The van der Waals surface area contributed by atoms with Crippen molar-refractivity contribution in [1.29, 1.82) is 0 Å². The fourth-order valence-electron chi connectivity index (χ4n) is 0.526. The van der Waals surface area contributed by atoms with E-state index in [0.717, 1.165) is 19.3 Å². The molecule has 0 rings (SSSR count). The second kappa shape index (κ2) is 8.36. The average molecular weight is 230 g/mol. The third-order valence-corrected chi connectivity index (χ3v) is 0.994. The van der Waals surface area contributed by atoms with Gasteiger partial charge in [0.1, 0.15) is 0 Å². The minimum absolute atomic E-state index is 0.327. The van der Waals surface area contributed by atoms with Crippen molar-refractivity contribution in [2.75, 3.05) is 0 Å².